The molecule has 2 unspecified atom stereocenters. The molecule has 0 saturated heterocycles. The van der Waals surface area contributed by atoms with Crippen LogP contribution < -0.4 is 0 Å². The van der Waals surface area contributed by atoms with E-state index in [9.17, 15) is 14.7 Å². The van der Waals surface area contributed by atoms with E-state index in [1.807, 2.05) is 0 Å². The minimum absolute atomic E-state index is 0.213. The summed E-state index contributed by atoms with van der Waals surface area (Å²) >= 11 is 0. The minimum atomic E-state index is -1.09. The molecule has 2 atom stereocenters. The Morgan fingerprint density at radius 3 is 1.47 bits per heavy atom. The summed E-state index contributed by atoms with van der Waals surface area (Å²) in [5.74, 6) is -1.60. The Balaban J connectivity index is 4.78. The maximum atomic E-state index is 12.5. The maximum Gasteiger partial charge on any atom is 0.339 e. The number of esters is 1. The molecule has 0 radical (unpaired) electrons. The SMILES string of the molecule is CC(C)(C)CCCCC(OOC(CCCCC(C)(C)C)C(=O)OC(C)(C)C)C(=O)O. The summed E-state index contributed by atoms with van der Waals surface area (Å²) in [4.78, 5) is 34.7. The minimum Gasteiger partial charge on any atom is -0.479 e. The first kappa shape index (κ1) is 28.9. The first-order valence-corrected chi connectivity index (χ1v) is 11.3. The predicted octanol–water partition coefficient (Wildman–Crippen LogP) is 6.31. The van der Waals surface area contributed by atoms with Crippen molar-refractivity contribution in [1.29, 1.82) is 0 Å². The molecule has 0 spiro atoms. The molecule has 6 heteroatoms. The number of carbonyl (C=O) groups is 2. The van der Waals surface area contributed by atoms with Crippen LogP contribution >= 0.6 is 0 Å². The van der Waals surface area contributed by atoms with Gasteiger partial charge in [-0.1, -0.05) is 67.2 Å². The molecule has 6 nitrogen and oxygen atoms in total. The summed E-state index contributed by atoms with van der Waals surface area (Å²) in [6.07, 6.45) is 4.14. The lowest BCUT2D eigenvalue weighted by atomic mass is 9.89. The third-order valence-electron chi connectivity index (χ3n) is 4.52. The van der Waals surface area contributed by atoms with Crippen molar-refractivity contribution in [3.8, 4) is 0 Å². The zero-order chi connectivity index (χ0) is 23.6. The predicted molar refractivity (Wildman–Crippen MR) is 119 cm³/mol. The first-order chi connectivity index (χ1) is 13.5. The zero-order valence-corrected chi connectivity index (χ0v) is 20.8. The van der Waals surface area contributed by atoms with Gasteiger partial charge in [0.05, 0.1) is 0 Å². The third-order valence-corrected chi connectivity index (χ3v) is 4.52. The number of ether oxygens (including phenoxy) is 1. The van der Waals surface area contributed by atoms with Crippen LogP contribution in [0.2, 0.25) is 0 Å². The quantitative estimate of drug-likeness (QED) is 0.159. The third kappa shape index (κ3) is 16.6. The fourth-order valence-electron chi connectivity index (χ4n) is 2.89. The van der Waals surface area contributed by atoms with Crippen LogP contribution in [0.4, 0.5) is 0 Å². The van der Waals surface area contributed by atoms with Crippen LogP contribution in [0.1, 0.15) is 114 Å². The lowest BCUT2D eigenvalue weighted by Crippen LogP contribution is -2.35. The van der Waals surface area contributed by atoms with E-state index in [0.29, 0.717) is 12.8 Å². The molecule has 0 rings (SSSR count). The molecule has 0 aliphatic heterocycles. The van der Waals surface area contributed by atoms with Crippen molar-refractivity contribution in [2.75, 3.05) is 0 Å². The van der Waals surface area contributed by atoms with Gasteiger partial charge in [-0.3, -0.25) is 0 Å². The fourth-order valence-corrected chi connectivity index (χ4v) is 2.89. The normalized spacial score (nSPS) is 15.0. The fraction of sp³-hybridized carbons (Fsp3) is 0.917. The van der Waals surface area contributed by atoms with Crippen molar-refractivity contribution < 1.29 is 29.2 Å². The highest BCUT2D eigenvalue weighted by atomic mass is 17.2. The highest BCUT2D eigenvalue weighted by Crippen LogP contribution is 2.24. The highest BCUT2D eigenvalue weighted by Gasteiger charge is 2.29. The van der Waals surface area contributed by atoms with Gasteiger partial charge in [0.1, 0.15) is 5.60 Å². The molecule has 0 aromatic heterocycles. The Bertz CT molecular complexity index is 507. The average Bonchev–Trinajstić information content (AvgIpc) is 2.51. The second kappa shape index (κ2) is 12.7. The van der Waals surface area contributed by atoms with Crippen LogP contribution in [-0.2, 0) is 24.1 Å². The van der Waals surface area contributed by atoms with Gasteiger partial charge in [-0.15, -0.1) is 0 Å². The summed E-state index contributed by atoms with van der Waals surface area (Å²) in [6.45, 7) is 18.4. The zero-order valence-electron chi connectivity index (χ0n) is 20.8. The smallest absolute Gasteiger partial charge is 0.339 e. The van der Waals surface area contributed by atoms with Crippen molar-refractivity contribution in [3.63, 3.8) is 0 Å². The molecule has 0 aromatic rings. The van der Waals surface area contributed by atoms with Gasteiger partial charge in [-0.2, -0.15) is 0 Å². The number of carboxylic acids is 1. The van der Waals surface area contributed by atoms with Gasteiger partial charge >= 0.3 is 11.9 Å². The number of rotatable bonds is 13. The van der Waals surface area contributed by atoms with E-state index >= 15 is 0 Å². The largest absolute Gasteiger partial charge is 0.479 e. The van der Waals surface area contributed by atoms with Gasteiger partial charge in [-0.05, 0) is 57.3 Å². The van der Waals surface area contributed by atoms with Crippen LogP contribution in [-0.4, -0.2) is 34.9 Å². The van der Waals surface area contributed by atoms with Crippen LogP contribution in [0.25, 0.3) is 0 Å². The number of carboxylic acid groups (broad SMARTS) is 1. The Morgan fingerprint density at radius 2 is 1.10 bits per heavy atom. The number of carbonyl (C=O) groups excluding carboxylic acids is 1. The second-order valence-corrected chi connectivity index (χ2v) is 11.7. The summed E-state index contributed by atoms with van der Waals surface area (Å²) in [5.41, 5.74) is -0.214. The van der Waals surface area contributed by atoms with E-state index in [2.05, 4.69) is 41.5 Å². The molecule has 0 aromatic carbocycles. The van der Waals surface area contributed by atoms with Crippen molar-refractivity contribution in [3.05, 3.63) is 0 Å². The summed E-state index contributed by atoms with van der Waals surface area (Å²) in [6, 6.07) is 0. The molecule has 0 amide bonds. The molecule has 0 bridgehead atoms. The molecule has 178 valence electrons. The van der Waals surface area contributed by atoms with Gasteiger partial charge in [0.25, 0.3) is 0 Å². The van der Waals surface area contributed by atoms with E-state index in [1.165, 1.54) is 0 Å². The monoisotopic (exact) mass is 430 g/mol. The van der Waals surface area contributed by atoms with Crippen LogP contribution in [0.3, 0.4) is 0 Å². The second-order valence-electron chi connectivity index (χ2n) is 11.7. The van der Waals surface area contributed by atoms with Crippen molar-refractivity contribution >= 4 is 11.9 Å². The van der Waals surface area contributed by atoms with Crippen LogP contribution in [0.5, 0.6) is 0 Å². The Kier molecular flexibility index (Phi) is 12.2. The van der Waals surface area contributed by atoms with Crippen molar-refractivity contribution in [1.82, 2.24) is 0 Å². The molecule has 0 aliphatic carbocycles. The maximum absolute atomic E-state index is 12.5. The number of aliphatic carboxylic acids is 1. The number of hydrogen-bond donors (Lipinski definition) is 1. The van der Waals surface area contributed by atoms with Gasteiger partial charge in [0.2, 0.25) is 0 Å². The average molecular weight is 431 g/mol. The molecule has 0 saturated carbocycles. The molecule has 30 heavy (non-hydrogen) atoms. The van der Waals surface area contributed by atoms with Crippen LogP contribution in [0, 0.1) is 10.8 Å². The number of unbranched alkanes of at least 4 members (excludes halogenated alkanes) is 2. The molecular weight excluding hydrogens is 384 g/mol. The van der Waals surface area contributed by atoms with E-state index in [1.54, 1.807) is 20.8 Å². The van der Waals surface area contributed by atoms with Gasteiger partial charge in [-0.25, -0.2) is 19.4 Å². The molecule has 1 N–H and O–H groups in total. The van der Waals surface area contributed by atoms with Crippen molar-refractivity contribution in [2.24, 2.45) is 10.8 Å². The highest BCUT2D eigenvalue weighted by molar-refractivity contribution is 5.75. The van der Waals surface area contributed by atoms with E-state index in [0.717, 1.165) is 38.5 Å². The van der Waals surface area contributed by atoms with Gasteiger partial charge in [0.15, 0.2) is 12.2 Å². The van der Waals surface area contributed by atoms with E-state index in [-0.39, 0.29) is 10.8 Å². The first-order valence-electron chi connectivity index (χ1n) is 11.3. The van der Waals surface area contributed by atoms with Gasteiger partial charge < -0.3 is 9.84 Å². The summed E-state index contributed by atoms with van der Waals surface area (Å²) < 4.78 is 5.44. The molecule has 0 aliphatic rings. The van der Waals surface area contributed by atoms with Crippen molar-refractivity contribution in [2.45, 2.75) is 131 Å². The molecular formula is C24H46O6. The molecule has 0 fully saturated rings. The van der Waals surface area contributed by atoms with E-state index < -0.39 is 29.7 Å². The Labute approximate surface area is 184 Å². The Morgan fingerprint density at radius 1 is 0.700 bits per heavy atom. The van der Waals surface area contributed by atoms with Crippen LogP contribution in [0.15, 0.2) is 0 Å². The molecule has 0 heterocycles. The topological polar surface area (TPSA) is 82.1 Å². The Hall–Kier alpha value is -1.14. The summed E-state index contributed by atoms with van der Waals surface area (Å²) in [7, 11) is 0. The van der Waals surface area contributed by atoms with Gasteiger partial charge in [0, 0.05) is 0 Å². The van der Waals surface area contributed by atoms with E-state index in [4.69, 9.17) is 14.5 Å². The lowest BCUT2D eigenvalue weighted by molar-refractivity contribution is -0.344. The standard InChI is InChI=1S/C24H46O6/c1-22(2,3)16-12-10-14-18(20(25)26)29-30-19(21(27)28-24(7,8)9)15-11-13-17-23(4,5)6/h18-19H,10-17H2,1-9H3,(H,25,26). The summed E-state index contributed by atoms with van der Waals surface area (Å²) in [5, 5.41) is 9.45. The number of hydrogen-bond acceptors (Lipinski definition) is 5. The lowest BCUT2D eigenvalue weighted by Gasteiger charge is -2.25.